The molecule has 0 heterocycles. The Bertz CT molecular complexity index is 370. The molecule has 20 heavy (non-hydrogen) atoms. The fourth-order valence-electron chi connectivity index (χ4n) is 1.99. The number of hydrogen-bond acceptors (Lipinski definition) is 4. The van der Waals surface area contributed by atoms with Crippen LogP contribution in [0.4, 0.5) is 0 Å². The Balaban J connectivity index is 2.35. The van der Waals surface area contributed by atoms with E-state index < -0.39 is 5.60 Å². The van der Waals surface area contributed by atoms with Gasteiger partial charge in [0.25, 0.3) is 0 Å². The van der Waals surface area contributed by atoms with Gasteiger partial charge in [0.05, 0.1) is 12.2 Å². The van der Waals surface area contributed by atoms with Crippen LogP contribution in [0.5, 0.6) is 11.5 Å². The van der Waals surface area contributed by atoms with E-state index in [9.17, 15) is 5.11 Å². The van der Waals surface area contributed by atoms with Crippen LogP contribution in [-0.4, -0.2) is 48.5 Å². The van der Waals surface area contributed by atoms with Crippen LogP contribution in [0.25, 0.3) is 0 Å². The van der Waals surface area contributed by atoms with Crippen molar-refractivity contribution in [3.8, 4) is 11.5 Å². The maximum Gasteiger partial charge on any atom is 0.119 e. The van der Waals surface area contributed by atoms with Crippen LogP contribution in [0, 0.1) is 0 Å². The molecule has 0 atom stereocenters. The third-order valence-corrected chi connectivity index (χ3v) is 2.87. The summed E-state index contributed by atoms with van der Waals surface area (Å²) < 4.78 is 11.1. The molecule has 0 radical (unpaired) electrons. The first-order valence-electron chi connectivity index (χ1n) is 7.25. The van der Waals surface area contributed by atoms with Crippen LogP contribution in [0.15, 0.2) is 24.3 Å². The lowest BCUT2D eigenvalue weighted by Gasteiger charge is -2.27. The Morgan fingerprint density at radius 3 is 2.05 bits per heavy atom. The van der Waals surface area contributed by atoms with Crippen molar-refractivity contribution in [2.24, 2.45) is 0 Å². The van der Waals surface area contributed by atoms with E-state index in [1.807, 2.05) is 45.0 Å². The maximum atomic E-state index is 9.82. The summed E-state index contributed by atoms with van der Waals surface area (Å²) in [6.45, 7) is 11.3. The van der Waals surface area contributed by atoms with Gasteiger partial charge in [0.2, 0.25) is 0 Å². The van der Waals surface area contributed by atoms with Crippen molar-refractivity contribution in [1.82, 2.24) is 4.90 Å². The van der Waals surface area contributed by atoms with Crippen LogP contribution >= 0.6 is 0 Å². The van der Waals surface area contributed by atoms with Crippen molar-refractivity contribution in [1.29, 1.82) is 0 Å². The summed E-state index contributed by atoms with van der Waals surface area (Å²) in [6.07, 6.45) is 0. The third-order valence-electron chi connectivity index (χ3n) is 2.87. The van der Waals surface area contributed by atoms with Crippen LogP contribution < -0.4 is 9.47 Å². The second-order valence-electron chi connectivity index (χ2n) is 5.43. The van der Waals surface area contributed by atoms with Gasteiger partial charge >= 0.3 is 0 Å². The molecule has 114 valence electrons. The highest BCUT2D eigenvalue weighted by molar-refractivity contribution is 5.31. The summed E-state index contributed by atoms with van der Waals surface area (Å²) in [6, 6.07) is 7.65. The summed E-state index contributed by atoms with van der Waals surface area (Å²) in [5.74, 6) is 1.70. The van der Waals surface area contributed by atoms with Crippen molar-refractivity contribution in [3.05, 3.63) is 24.3 Å². The molecule has 1 aromatic rings. The Kier molecular flexibility index (Phi) is 6.82. The average Bonchev–Trinajstić information content (AvgIpc) is 2.38. The first-order valence-corrected chi connectivity index (χ1v) is 7.25. The van der Waals surface area contributed by atoms with Gasteiger partial charge in [-0.1, -0.05) is 6.92 Å². The molecule has 0 aromatic heterocycles. The topological polar surface area (TPSA) is 41.9 Å². The van der Waals surface area contributed by atoms with Crippen molar-refractivity contribution in [3.63, 3.8) is 0 Å². The molecule has 0 saturated heterocycles. The molecule has 1 N–H and O–H groups in total. The molecule has 0 aliphatic heterocycles. The lowest BCUT2D eigenvalue weighted by atomic mass is 10.1. The van der Waals surface area contributed by atoms with Crippen molar-refractivity contribution in [2.45, 2.75) is 33.3 Å². The number of benzene rings is 1. The van der Waals surface area contributed by atoms with E-state index in [1.165, 1.54) is 0 Å². The van der Waals surface area contributed by atoms with Crippen LogP contribution in [0.2, 0.25) is 0 Å². The Morgan fingerprint density at radius 2 is 1.60 bits per heavy atom. The van der Waals surface area contributed by atoms with Crippen molar-refractivity contribution in [2.75, 3.05) is 32.8 Å². The molecule has 0 bridgehead atoms. The highest BCUT2D eigenvalue weighted by Crippen LogP contribution is 2.17. The first-order chi connectivity index (χ1) is 9.44. The monoisotopic (exact) mass is 281 g/mol. The van der Waals surface area contributed by atoms with Crippen LogP contribution in [0.1, 0.15) is 27.7 Å². The highest BCUT2D eigenvalue weighted by atomic mass is 16.5. The molecule has 0 saturated carbocycles. The van der Waals surface area contributed by atoms with E-state index in [0.717, 1.165) is 24.6 Å². The zero-order valence-corrected chi connectivity index (χ0v) is 13.1. The van der Waals surface area contributed by atoms with E-state index in [0.29, 0.717) is 19.8 Å². The molecule has 1 aromatic carbocycles. The molecule has 0 aliphatic carbocycles. The van der Waals surface area contributed by atoms with Gasteiger partial charge in [-0.25, -0.2) is 0 Å². The Morgan fingerprint density at radius 1 is 1.05 bits per heavy atom. The average molecular weight is 281 g/mol. The van der Waals surface area contributed by atoms with Gasteiger partial charge in [-0.15, -0.1) is 0 Å². The van der Waals surface area contributed by atoms with Gasteiger partial charge in [0.1, 0.15) is 18.1 Å². The standard InChI is InChI=1S/C16H27NO3/c1-5-17(13-16(3,4)18)11-12-20-15-9-7-14(8-10-15)19-6-2/h7-10,18H,5-6,11-13H2,1-4H3. The Hall–Kier alpha value is -1.26. The number of ether oxygens (including phenoxy) is 2. The summed E-state index contributed by atoms with van der Waals surface area (Å²) >= 11 is 0. The van der Waals surface area contributed by atoms with Gasteiger partial charge in [-0.3, -0.25) is 4.90 Å². The summed E-state index contributed by atoms with van der Waals surface area (Å²) in [4.78, 5) is 2.18. The first kappa shape index (κ1) is 16.8. The number of rotatable bonds is 9. The van der Waals surface area contributed by atoms with Crippen LogP contribution in [0.3, 0.4) is 0 Å². The third kappa shape index (κ3) is 6.78. The predicted molar refractivity (Wildman–Crippen MR) is 81.5 cm³/mol. The molecular weight excluding hydrogens is 254 g/mol. The van der Waals surface area contributed by atoms with Gasteiger partial charge in [-0.05, 0) is 51.6 Å². The predicted octanol–water partition coefficient (Wildman–Crippen LogP) is 2.56. The van der Waals surface area contributed by atoms with Gasteiger partial charge in [0.15, 0.2) is 0 Å². The summed E-state index contributed by atoms with van der Waals surface area (Å²) in [5.41, 5.74) is -0.671. The zero-order valence-electron chi connectivity index (χ0n) is 13.1. The molecule has 0 fully saturated rings. The number of hydrogen-bond donors (Lipinski definition) is 1. The minimum atomic E-state index is -0.671. The second kappa shape index (κ2) is 8.12. The fourth-order valence-corrected chi connectivity index (χ4v) is 1.99. The van der Waals surface area contributed by atoms with Gasteiger partial charge in [-0.2, -0.15) is 0 Å². The van der Waals surface area contributed by atoms with E-state index in [2.05, 4.69) is 11.8 Å². The molecule has 0 aliphatic rings. The number of likely N-dealkylation sites (N-methyl/N-ethyl adjacent to an activating group) is 1. The minimum absolute atomic E-state index is 0.609. The fraction of sp³-hybridized carbons (Fsp3) is 0.625. The lowest BCUT2D eigenvalue weighted by Crippen LogP contribution is -2.40. The van der Waals surface area contributed by atoms with Crippen molar-refractivity contribution >= 4 is 0 Å². The summed E-state index contributed by atoms with van der Waals surface area (Å²) in [7, 11) is 0. The molecule has 4 nitrogen and oxygen atoms in total. The van der Waals surface area contributed by atoms with E-state index >= 15 is 0 Å². The molecule has 1 rings (SSSR count). The normalized spacial score (nSPS) is 11.7. The molecular formula is C16H27NO3. The molecule has 0 unspecified atom stereocenters. The van der Waals surface area contributed by atoms with E-state index in [4.69, 9.17) is 9.47 Å². The van der Waals surface area contributed by atoms with Gasteiger partial charge < -0.3 is 14.6 Å². The highest BCUT2D eigenvalue weighted by Gasteiger charge is 2.16. The lowest BCUT2D eigenvalue weighted by molar-refractivity contribution is 0.0340. The van der Waals surface area contributed by atoms with Gasteiger partial charge in [0, 0.05) is 13.1 Å². The van der Waals surface area contributed by atoms with Crippen molar-refractivity contribution < 1.29 is 14.6 Å². The SMILES string of the molecule is CCOc1ccc(OCCN(CC)CC(C)(C)O)cc1. The van der Waals surface area contributed by atoms with E-state index in [-0.39, 0.29) is 0 Å². The Labute approximate surface area is 122 Å². The largest absolute Gasteiger partial charge is 0.494 e. The smallest absolute Gasteiger partial charge is 0.119 e. The molecule has 0 spiro atoms. The number of nitrogens with zero attached hydrogens (tertiary/aromatic N) is 1. The summed E-state index contributed by atoms with van der Waals surface area (Å²) in [5, 5.41) is 9.82. The number of aliphatic hydroxyl groups is 1. The van der Waals surface area contributed by atoms with E-state index in [1.54, 1.807) is 0 Å². The zero-order chi connectivity index (χ0) is 15.0. The minimum Gasteiger partial charge on any atom is -0.494 e. The second-order valence-corrected chi connectivity index (χ2v) is 5.43. The molecule has 4 heteroatoms. The molecule has 0 amide bonds. The maximum absolute atomic E-state index is 9.82. The quantitative estimate of drug-likeness (QED) is 0.755. The van der Waals surface area contributed by atoms with Crippen LogP contribution in [-0.2, 0) is 0 Å².